The summed E-state index contributed by atoms with van der Waals surface area (Å²) in [5.74, 6) is -1.73. The van der Waals surface area contributed by atoms with E-state index < -0.39 is 24.0 Å². The van der Waals surface area contributed by atoms with E-state index in [0.29, 0.717) is 11.1 Å². The van der Waals surface area contributed by atoms with Crippen LogP contribution < -0.4 is 11.1 Å². The van der Waals surface area contributed by atoms with Crippen LogP contribution in [0, 0.1) is 0 Å². The van der Waals surface area contributed by atoms with Crippen molar-refractivity contribution in [3.05, 3.63) is 53.9 Å². The second kappa shape index (κ2) is 6.19. The Morgan fingerprint density at radius 2 is 1.95 bits per heavy atom. The van der Waals surface area contributed by atoms with Gasteiger partial charge in [-0.2, -0.15) is 5.10 Å². The van der Waals surface area contributed by atoms with Crippen LogP contribution >= 0.6 is 0 Å². The molecule has 1 amide bonds. The van der Waals surface area contributed by atoms with Crippen LogP contribution in [0.2, 0.25) is 0 Å². The molecule has 0 aliphatic heterocycles. The number of amides is 1. The number of benzene rings is 1. The number of nitrogens with zero attached hydrogens (tertiary/aromatic N) is 2. The molecular weight excluding hydrogens is 272 g/mol. The third-order valence-corrected chi connectivity index (χ3v) is 3.03. The number of carbonyl (C=O) groups is 2. The zero-order valence-corrected chi connectivity index (χ0v) is 11.4. The van der Waals surface area contributed by atoms with Gasteiger partial charge in [0.25, 0.3) is 0 Å². The Bertz CT molecular complexity index is 639. The fourth-order valence-electron chi connectivity index (χ4n) is 1.92. The van der Waals surface area contributed by atoms with Gasteiger partial charge in [-0.15, -0.1) is 0 Å². The van der Waals surface area contributed by atoms with Gasteiger partial charge in [0, 0.05) is 18.8 Å². The van der Waals surface area contributed by atoms with Crippen LogP contribution in [-0.2, 0) is 16.6 Å². The van der Waals surface area contributed by atoms with Gasteiger partial charge < -0.3 is 16.2 Å². The van der Waals surface area contributed by atoms with Crippen LogP contribution in [0.1, 0.15) is 23.2 Å². The van der Waals surface area contributed by atoms with E-state index in [4.69, 9.17) is 5.73 Å². The number of aliphatic carboxylic acids is 1. The molecule has 0 fully saturated rings. The first-order valence-corrected chi connectivity index (χ1v) is 6.31. The molecule has 0 radical (unpaired) electrons. The summed E-state index contributed by atoms with van der Waals surface area (Å²) in [6.45, 7) is 0. The van der Waals surface area contributed by atoms with Gasteiger partial charge in [-0.25, -0.2) is 4.79 Å². The number of carboxylic acids is 1. The molecule has 0 saturated carbocycles. The van der Waals surface area contributed by atoms with E-state index in [1.807, 2.05) is 6.07 Å². The maximum atomic E-state index is 12.1. The van der Waals surface area contributed by atoms with Crippen molar-refractivity contribution in [3.8, 4) is 0 Å². The molecule has 2 atom stereocenters. The van der Waals surface area contributed by atoms with E-state index in [1.54, 1.807) is 31.3 Å². The Labute approximate surface area is 121 Å². The molecule has 7 heteroatoms. The molecule has 110 valence electrons. The molecule has 0 bridgehead atoms. The van der Waals surface area contributed by atoms with Crippen LogP contribution in [0.4, 0.5) is 0 Å². The Balaban J connectivity index is 2.14. The number of hydrogen-bond acceptors (Lipinski definition) is 4. The van der Waals surface area contributed by atoms with Crippen LogP contribution in [0.15, 0.2) is 42.7 Å². The van der Waals surface area contributed by atoms with E-state index in [0.717, 1.165) is 0 Å². The monoisotopic (exact) mass is 288 g/mol. The van der Waals surface area contributed by atoms with Gasteiger partial charge in [0.1, 0.15) is 6.04 Å². The molecule has 0 spiro atoms. The van der Waals surface area contributed by atoms with Gasteiger partial charge in [-0.1, -0.05) is 30.3 Å². The van der Waals surface area contributed by atoms with Gasteiger partial charge in [0.2, 0.25) is 5.91 Å². The average Bonchev–Trinajstić information content (AvgIpc) is 2.90. The van der Waals surface area contributed by atoms with E-state index in [-0.39, 0.29) is 0 Å². The third kappa shape index (κ3) is 3.46. The first-order chi connectivity index (χ1) is 9.99. The van der Waals surface area contributed by atoms with Crippen molar-refractivity contribution in [1.29, 1.82) is 0 Å². The fourth-order valence-corrected chi connectivity index (χ4v) is 1.92. The normalized spacial score (nSPS) is 13.4. The second-order valence-corrected chi connectivity index (χ2v) is 4.62. The Hall–Kier alpha value is -2.67. The molecule has 2 aromatic rings. The van der Waals surface area contributed by atoms with Crippen molar-refractivity contribution < 1.29 is 14.7 Å². The lowest BCUT2D eigenvalue weighted by Gasteiger charge is -2.17. The molecule has 7 nitrogen and oxygen atoms in total. The molecule has 0 saturated heterocycles. The number of aromatic nitrogens is 2. The van der Waals surface area contributed by atoms with Crippen molar-refractivity contribution in [2.45, 2.75) is 12.1 Å². The lowest BCUT2D eigenvalue weighted by Crippen LogP contribution is -2.39. The van der Waals surface area contributed by atoms with Gasteiger partial charge in [-0.05, 0) is 5.56 Å². The van der Waals surface area contributed by atoms with E-state index >= 15 is 0 Å². The minimum Gasteiger partial charge on any atom is -0.479 e. The van der Waals surface area contributed by atoms with Crippen molar-refractivity contribution in [2.24, 2.45) is 12.8 Å². The largest absolute Gasteiger partial charge is 0.479 e. The van der Waals surface area contributed by atoms with Crippen molar-refractivity contribution in [3.63, 3.8) is 0 Å². The molecule has 1 heterocycles. The van der Waals surface area contributed by atoms with E-state index in [2.05, 4.69) is 10.4 Å². The maximum Gasteiger partial charge on any atom is 0.331 e. The fraction of sp³-hybridized carbons (Fsp3) is 0.214. The summed E-state index contributed by atoms with van der Waals surface area (Å²) in [5, 5.41) is 15.6. The summed E-state index contributed by atoms with van der Waals surface area (Å²) in [7, 11) is 1.67. The van der Waals surface area contributed by atoms with Crippen molar-refractivity contribution in [1.82, 2.24) is 15.1 Å². The lowest BCUT2D eigenvalue weighted by atomic mass is 10.1. The Morgan fingerprint density at radius 3 is 2.48 bits per heavy atom. The first kappa shape index (κ1) is 14.7. The molecular formula is C14H16N4O3. The lowest BCUT2D eigenvalue weighted by molar-refractivity contribution is -0.142. The molecule has 0 aliphatic rings. The highest BCUT2D eigenvalue weighted by Crippen LogP contribution is 2.15. The standard InChI is InChI=1S/C14H16N4O3/c1-18-8-10(7-16-18)12(14(20)21)17-13(19)11(15)9-5-3-2-4-6-9/h2-8,11-12H,15H2,1H3,(H,17,19)(H,20,21). The number of hydrogen-bond donors (Lipinski definition) is 3. The van der Waals surface area contributed by atoms with Crippen LogP contribution in [0.25, 0.3) is 0 Å². The third-order valence-electron chi connectivity index (χ3n) is 3.03. The zero-order chi connectivity index (χ0) is 15.4. The molecule has 2 unspecified atom stereocenters. The number of carbonyl (C=O) groups excluding carboxylic acids is 1. The van der Waals surface area contributed by atoms with Crippen LogP contribution in [0.5, 0.6) is 0 Å². The maximum absolute atomic E-state index is 12.1. The zero-order valence-electron chi connectivity index (χ0n) is 11.4. The van der Waals surface area contributed by atoms with Crippen molar-refractivity contribution in [2.75, 3.05) is 0 Å². The number of aryl methyl sites for hydroxylation is 1. The smallest absolute Gasteiger partial charge is 0.331 e. The highest BCUT2D eigenvalue weighted by atomic mass is 16.4. The van der Waals surface area contributed by atoms with Gasteiger partial charge in [0.15, 0.2) is 6.04 Å². The van der Waals surface area contributed by atoms with E-state index in [1.165, 1.54) is 17.1 Å². The average molecular weight is 288 g/mol. The SMILES string of the molecule is Cn1cc(C(NC(=O)C(N)c2ccccc2)C(=O)O)cn1. The van der Waals surface area contributed by atoms with Crippen molar-refractivity contribution >= 4 is 11.9 Å². The first-order valence-electron chi connectivity index (χ1n) is 6.31. The summed E-state index contributed by atoms with van der Waals surface area (Å²) >= 11 is 0. The van der Waals surface area contributed by atoms with Gasteiger partial charge in [-0.3, -0.25) is 9.48 Å². The van der Waals surface area contributed by atoms with Gasteiger partial charge in [0.05, 0.1) is 6.20 Å². The molecule has 4 N–H and O–H groups in total. The summed E-state index contributed by atoms with van der Waals surface area (Å²) in [6, 6.07) is 6.65. The molecule has 21 heavy (non-hydrogen) atoms. The number of carboxylic acid groups (broad SMARTS) is 1. The number of rotatable bonds is 5. The van der Waals surface area contributed by atoms with E-state index in [9.17, 15) is 14.7 Å². The van der Waals surface area contributed by atoms with Gasteiger partial charge >= 0.3 is 5.97 Å². The summed E-state index contributed by atoms with van der Waals surface area (Å²) in [4.78, 5) is 23.4. The Kier molecular flexibility index (Phi) is 4.34. The molecule has 0 aliphatic carbocycles. The molecule has 2 rings (SSSR count). The molecule has 1 aromatic carbocycles. The predicted octanol–water partition coefficient (Wildman–Crippen LogP) is 0.362. The summed E-state index contributed by atoms with van der Waals surface area (Å²) in [6.07, 6.45) is 2.93. The minimum atomic E-state index is -1.18. The van der Waals surface area contributed by atoms with Crippen LogP contribution in [0.3, 0.4) is 0 Å². The highest BCUT2D eigenvalue weighted by molar-refractivity contribution is 5.88. The predicted molar refractivity (Wildman–Crippen MR) is 75.1 cm³/mol. The Morgan fingerprint density at radius 1 is 1.29 bits per heavy atom. The topological polar surface area (TPSA) is 110 Å². The highest BCUT2D eigenvalue weighted by Gasteiger charge is 2.26. The molecule has 1 aromatic heterocycles. The number of nitrogens with one attached hydrogen (secondary N) is 1. The quantitative estimate of drug-likeness (QED) is 0.736. The number of nitrogens with two attached hydrogens (primary N) is 1. The van der Waals surface area contributed by atoms with Crippen LogP contribution in [-0.4, -0.2) is 26.8 Å². The second-order valence-electron chi connectivity index (χ2n) is 4.62. The minimum absolute atomic E-state index is 0.388. The summed E-state index contributed by atoms with van der Waals surface area (Å²) in [5.41, 5.74) is 6.85. The summed E-state index contributed by atoms with van der Waals surface area (Å²) < 4.78 is 1.47.